The van der Waals surface area contributed by atoms with E-state index in [0.29, 0.717) is 5.92 Å². The van der Waals surface area contributed by atoms with Crippen molar-refractivity contribution in [3.8, 4) is 0 Å². The molecule has 0 amide bonds. The van der Waals surface area contributed by atoms with E-state index < -0.39 is 0 Å². The van der Waals surface area contributed by atoms with Crippen LogP contribution in [0.15, 0.2) is 0 Å². The van der Waals surface area contributed by atoms with E-state index in [2.05, 4.69) is 13.8 Å². The van der Waals surface area contributed by atoms with E-state index in [9.17, 15) is 0 Å². The predicted octanol–water partition coefficient (Wildman–Crippen LogP) is 1.81. The number of rotatable bonds is 3. The van der Waals surface area contributed by atoms with Gasteiger partial charge in [-0.15, -0.1) is 0 Å². The highest BCUT2D eigenvalue weighted by molar-refractivity contribution is 4.79. The Morgan fingerprint density at radius 1 is 1.31 bits per heavy atom. The number of methoxy groups -OCH3 is 2. The van der Waals surface area contributed by atoms with Crippen molar-refractivity contribution in [1.29, 1.82) is 0 Å². The van der Waals surface area contributed by atoms with Crippen molar-refractivity contribution >= 4 is 0 Å². The second-order valence-corrected chi connectivity index (χ2v) is 3.64. The Balaban J connectivity index is 2.56. The largest absolute Gasteiger partial charge is 0.381 e. The molecule has 0 radical (unpaired) electrons. The highest BCUT2D eigenvalue weighted by Gasteiger charge is 2.35. The molecule has 1 aliphatic heterocycles. The van der Waals surface area contributed by atoms with Crippen molar-refractivity contribution in [1.82, 2.24) is 0 Å². The molecule has 1 aliphatic rings. The maximum Gasteiger partial charge on any atom is 0.162 e. The van der Waals surface area contributed by atoms with Crippen LogP contribution in [0.3, 0.4) is 0 Å². The van der Waals surface area contributed by atoms with Crippen molar-refractivity contribution in [3.63, 3.8) is 0 Å². The second-order valence-electron chi connectivity index (χ2n) is 3.64. The fraction of sp³-hybridized carbons (Fsp3) is 1.00. The number of hydrogen-bond donors (Lipinski definition) is 0. The molecule has 1 rings (SSSR count). The highest BCUT2D eigenvalue weighted by Crippen LogP contribution is 2.28. The zero-order chi connectivity index (χ0) is 9.84. The van der Waals surface area contributed by atoms with Crippen LogP contribution in [0.2, 0.25) is 0 Å². The summed E-state index contributed by atoms with van der Waals surface area (Å²) in [6.45, 7) is 4.23. The van der Waals surface area contributed by atoms with Crippen molar-refractivity contribution in [2.75, 3.05) is 14.2 Å². The third kappa shape index (κ3) is 2.42. The van der Waals surface area contributed by atoms with E-state index in [0.717, 1.165) is 12.8 Å². The van der Waals surface area contributed by atoms with Crippen LogP contribution in [0.1, 0.15) is 26.7 Å². The summed E-state index contributed by atoms with van der Waals surface area (Å²) in [5.41, 5.74) is 0. The highest BCUT2D eigenvalue weighted by atomic mass is 16.7. The van der Waals surface area contributed by atoms with Crippen LogP contribution in [-0.4, -0.2) is 32.7 Å². The number of ether oxygens (including phenoxy) is 3. The van der Waals surface area contributed by atoms with E-state index in [-0.39, 0.29) is 18.5 Å². The van der Waals surface area contributed by atoms with Gasteiger partial charge in [0, 0.05) is 26.6 Å². The van der Waals surface area contributed by atoms with Gasteiger partial charge < -0.3 is 14.2 Å². The Labute approximate surface area is 80.4 Å². The van der Waals surface area contributed by atoms with Crippen molar-refractivity contribution in [3.05, 3.63) is 0 Å². The minimum absolute atomic E-state index is 0.108. The van der Waals surface area contributed by atoms with Gasteiger partial charge in [-0.3, -0.25) is 0 Å². The Hall–Kier alpha value is -0.120. The average Bonchev–Trinajstić information content (AvgIpc) is 2.18. The van der Waals surface area contributed by atoms with Gasteiger partial charge in [-0.2, -0.15) is 0 Å². The monoisotopic (exact) mass is 188 g/mol. The van der Waals surface area contributed by atoms with Crippen molar-refractivity contribution < 1.29 is 14.2 Å². The lowest BCUT2D eigenvalue weighted by molar-refractivity contribution is -0.237. The SMILES string of the molecule is CCC1CC(OC)C(C)[C@@H](OC)O1. The van der Waals surface area contributed by atoms with Crippen LogP contribution in [0.5, 0.6) is 0 Å². The molecule has 0 aromatic rings. The summed E-state index contributed by atoms with van der Waals surface area (Å²) in [6, 6.07) is 0. The van der Waals surface area contributed by atoms with E-state index in [1.54, 1.807) is 14.2 Å². The molecule has 3 nitrogen and oxygen atoms in total. The molecule has 1 saturated heterocycles. The molecule has 3 unspecified atom stereocenters. The van der Waals surface area contributed by atoms with Gasteiger partial charge in [0.1, 0.15) is 0 Å². The van der Waals surface area contributed by atoms with E-state index in [4.69, 9.17) is 14.2 Å². The quantitative estimate of drug-likeness (QED) is 0.676. The topological polar surface area (TPSA) is 27.7 Å². The Kier molecular flexibility index (Phi) is 4.16. The normalized spacial score (nSPS) is 40.6. The summed E-state index contributed by atoms with van der Waals surface area (Å²) in [5, 5.41) is 0. The molecule has 0 saturated carbocycles. The zero-order valence-corrected chi connectivity index (χ0v) is 8.95. The van der Waals surface area contributed by atoms with Crippen molar-refractivity contribution in [2.24, 2.45) is 5.92 Å². The van der Waals surface area contributed by atoms with Gasteiger partial charge in [0.25, 0.3) is 0 Å². The van der Waals surface area contributed by atoms with Crippen LogP contribution in [-0.2, 0) is 14.2 Å². The minimum atomic E-state index is -0.108. The van der Waals surface area contributed by atoms with Gasteiger partial charge in [-0.25, -0.2) is 0 Å². The third-order valence-electron chi connectivity index (χ3n) is 2.83. The van der Waals surface area contributed by atoms with Crippen LogP contribution >= 0.6 is 0 Å². The molecule has 78 valence electrons. The molecule has 1 heterocycles. The maximum absolute atomic E-state index is 5.73. The summed E-state index contributed by atoms with van der Waals surface area (Å²) < 4.78 is 16.4. The Morgan fingerprint density at radius 3 is 2.46 bits per heavy atom. The molecular formula is C10H20O3. The summed E-state index contributed by atoms with van der Waals surface area (Å²) in [4.78, 5) is 0. The van der Waals surface area contributed by atoms with E-state index in [1.807, 2.05) is 0 Å². The lowest BCUT2D eigenvalue weighted by Crippen LogP contribution is -2.44. The van der Waals surface area contributed by atoms with E-state index >= 15 is 0 Å². The minimum Gasteiger partial charge on any atom is -0.381 e. The van der Waals surface area contributed by atoms with Crippen LogP contribution < -0.4 is 0 Å². The summed E-state index contributed by atoms with van der Waals surface area (Å²) in [5.74, 6) is 0.317. The first-order valence-electron chi connectivity index (χ1n) is 4.94. The average molecular weight is 188 g/mol. The second kappa shape index (κ2) is 4.94. The maximum atomic E-state index is 5.73. The molecule has 0 N–H and O–H groups in total. The molecule has 0 bridgehead atoms. The zero-order valence-electron chi connectivity index (χ0n) is 8.95. The first kappa shape index (κ1) is 11.0. The first-order chi connectivity index (χ1) is 6.22. The molecule has 3 heteroatoms. The van der Waals surface area contributed by atoms with Crippen LogP contribution in [0.25, 0.3) is 0 Å². The van der Waals surface area contributed by atoms with Gasteiger partial charge in [0.2, 0.25) is 0 Å². The van der Waals surface area contributed by atoms with Crippen LogP contribution in [0, 0.1) is 5.92 Å². The van der Waals surface area contributed by atoms with Gasteiger partial charge in [0.15, 0.2) is 6.29 Å². The summed E-state index contributed by atoms with van der Waals surface area (Å²) in [6.07, 6.45) is 2.44. The van der Waals surface area contributed by atoms with Crippen molar-refractivity contribution in [2.45, 2.75) is 45.2 Å². The van der Waals surface area contributed by atoms with Gasteiger partial charge in [-0.1, -0.05) is 13.8 Å². The first-order valence-corrected chi connectivity index (χ1v) is 4.94. The Morgan fingerprint density at radius 2 is 2.00 bits per heavy atom. The summed E-state index contributed by atoms with van der Waals surface area (Å²) in [7, 11) is 3.44. The van der Waals surface area contributed by atoms with Gasteiger partial charge >= 0.3 is 0 Å². The fourth-order valence-corrected chi connectivity index (χ4v) is 1.86. The predicted molar refractivity (Wildman–Crippen MR) is 50.5 cm³/mol. The van der Waals surface area contributed by atoms with E-state index in [1.165, 1.54) is 0 Å². The molecule has 0 aromatic heterocycles. The molecule has 1 fully saturated rings. The lowest BCUT2D eigenvalue weighted by atomic mass is 9.94. The summed E-state index contributed by atoms with van der Waals surface area (Å²) >= 11 is 0. The van der Waals surface area contributed by atoms with Gasteiger partial charge in [-0.05, 0) is 6.42 Å². The Bertz CT molecular complexity index is 135. The molecular weight excluding hydrogens is 168 g/mol. The third-order valence-corrected chi connectivity index (χ3v) is 2.83. The van der Waals surface area contributed by atoms with Gasteiger partial charge in [0.05, 0.1) is 12.2 Å². The number of hydrogen-bond acceptors (Lipinski definition) is 3. The molecule has 4 atom stereocenters. The molecule has 0 spiro atoms. The lowest BCUT2D eigenvalue weighted by Gasteiger charge is -2.38. The standard InChI is InChI=1S/C10H20O3/c1-5-8-6-9(11-3)7(2)10(12-4)13-8/h7-10H,5-6H2,1-4H3/t7?,8?,9?,10-/m0/s1. The molecule has 0 aromatic carbocycles. The fourth-order valence-electron chi connectivity index (χ4n) is 1.86. The smallest absolute Gasteiger partial charge is 0.162 e. The van der Waals surface area contributed by atoms with Crippen LogP contribution in [0.4, 0.5) is 0 Å². The molecule has 0 aliphatic carbocycles. The molecule has 13 heavy (non-hydrogen) atoms.